The Bertz CT molecular complexity index is 572. The monoisotopic (exact) mass is 293 g/mol. The van der Waals surface area contributed by atoms with Gasteiger partial charge in [0.15, 0.2) is 11.6 Å². The van der Waals surface area contributed by atoms with Gasteiger partial charge in [-0.1, -0.05) is 0 Å². The molecule has 0 saturated heterocycles. The molecule has 0 aliphatic rings. The molecule has 2 heterocycles. The molecular formula is C14H16FN3OS. The average Bonchev–Trinajstić information content (AvgIpc) is 2.94. The number of carbonyl (C=O) groups excluding carboxylic acids is 1. The number of amides is 1. The van der Waals surface area contributed by atoms with Gasteiger partial charge >= 0.3 is 0 Å². The van der Waals surface area contributed by atoms with Crippen LogP contribution in [0.4, 0.5) is 10.2 Å². The first-order valence-corrected chi connectivity index (χ1v) is 7.34. The maximum atomic E-state index is 14.0. The molecule has 0 bridgehead atoms. The minimum atomic E-state index is -0.609. The fourth-order valence-corrected chi connectivity index (χ4v) is 2.46. The summed E-state index contributed by atoms with van der Waals surface area (Å²) >= 11 is 1.62. The normalized spacial score (nSPS) is 10.3. The number of rotatable bonds is 6. The third-order valence-electron chi connectivity index (χ3n) is 2.76. The van der Waals surface area contributed by atoms with E-state index in [1.54, 1.807) is 11.3 Å². The Hall–Kier alpha value is -1.95. The summed E-state index contributed by atoms with van der Waals surface area (Å²) in [6.07, 6.45) is 2.16. The van der Waals surface area contributed by atoms with E-state index in [4.69, 9.17) is 0 Å². The highest BCUT2D eigenvalue weighted by molar-refractivity contribution is 7.07. The number of aromatic nitrogens is 1. The first-order valence-electron chi connectivity index (χ1n) is 6.40. The average molecular weight is 293 g/mol. The highest BCUT2D eigenvalue weighted by Gasteiger charge is 2.15. The van der Waals surface area contributed by atoms with Gasteiger partial charge in [-0.05, 0) is 41.8 Å². The van der Waals surface area contributed by atoms with Crippen molar-refractivity contribution in [3.05, 3.63) is 46.0 Å². The highest BCUT2D eigenvalue weighted by Crippen LogP contribution is 2.14. The van der Waals surface area contributed by atoms with E-state index >= 15 is 0 Å². The summed E-state index contributed by atoms with van der Waals surface area (Å²) in [5.74, 6) is -0.917. The van der Waals surface area contributed by atoms with E-state index in [9.17, 15) is 9.18 Å². The first kappa shape index (κ1) is 14.5. The summed E-state index contributed by atoms with van der Waals surface area (Å²) in [5.41, 5.74) is 1.18. The van der Waals surface area contributed by atoms with Gasteiger partial charge in [0, 0.05) is 19.3 Å². The van der Waals surface area contributed by atoms with Gasteiger partial charge in [0.2, 0.25) is 0 Å². The molecule has 1 amide bonds. The van der Waals surface area contributed by atoms with Crippen LogP contribution in [-0.2, 0) is 6.42 Å². The van der Waals surface area contributed by atoms with Crippen molar-refractivity contribution in [2.24, 2.45) is 0 Å². The minimum absolute atomic E-state index is 0.0151. The molecule has 0 saturated carbocycles. The van der Waals surface area contributed by atoms with Crippen LogP contribution in [0.25, 0.3) is 0 Å². The highest BCUT2D eigenvalue weighted by atomic mass is 32.1. The largest absolute Gasteiger partial charge is 0.368 e. The SMILES string of the molecule is CCNc1nccc(C(=O)NCCc2ccsc2)c1F. The van der Waals surface area contributed by atoms with E-state index in [-0.39, 0.29) is 11.4 Å². The van der Waals surface area contributed by atoms with Crippen LogP contribution in [0.5, 0.6) is 0 Å². The molecule has 4 nitrogen and oxygen atoms in total. The molecular weight excluding hydrogens is 277 g/mol. The van der Waals surface area contributed by atoms with Crippen molar-refractivity contribution >= 4 is 23.1 Å². The lowest BCUT2D eigenvalue weighted by atomic mass is 10.2. The molecule has 2 N–H and O–H groups in total. The Morgan fingerprint density at radius 1 is 1.45 bits per heavy atom. The van der Waals surface area contributed by atoms with Gasteiger partial charge in [0.05, 0.1) is 5.56 Å². The summed E-state index contributed by atoms with van der Waals surface area (Å²) in [6, 6.07) is 3.39. The van der Waals surface area contributed by atoms with Crippen molar-refractivity contribution in [2.75, 3.05) is 18.4 Å². The van der Waals surface area contributed by atoms with Crippen molar-refractivity contribution < 1.29 is 9.18 Å². The maximum absolute atomic E-state index is 14.0. The van der Waals surface area contributed by atoms with Gasteiger partial charge in [0.25, 0.3) is 5.91 Å². The number of carbonyl (C=O) groups is 1. The van der Waals surface area contributed by atoms with E-state index < -0.39 is 11.7 Å². The number of pyridine rings is 1. The third kappa shape index (κ3) is 3.54. The zero-order valence-corrected chi connectivity index (χ0v) is 12.0. The third-order valence-corrected chi connectivity index (χ3v) is 3.49. The van der Waals surface area contributed by atoms with Crippen molar-refractivity contribution in [3.63, 3.8) is 0 Å². The molecule has 2 aromatic rings. The predicted octanol–water partition coefficient (Wildman–Crippen LogP) is 2.69. The van der Waals surface area contributed by atoms with Crippen molar-refractivity contribution in [3.8, 4) is 0 Å². The number of nitrogens with one attached hydrogen (secondary N) is 2. The number of thiophene rings is 1. The van der Waals surface area contributed by atoms with Crippen LogP contribution >= 0.6 is 11.3 Å². The lowest BCUT2D eigenvalue weighted by Crippen LogP contribution is -2.27. The summed E-state index contributed by atoms with van der Waals surface area (Å²) < 4.78 is 14.0. The van der Waals surface area contributed by atoms with Crippen LogP contribution in [-0.4, -0.2) is 24.0 Å². The molecule has 20 heavy (non-hydrogen) atoms. The molecule has 0 aliphatic carbocycles. The van der Waals surface area contributed by atoms with Gasteiger partial charge in [0.1, 0.15) is 0 Å². The second kappa shape index (κ2) is 7.00. The van der Waals surface area contributed by atoms with Crippen LogP contribution < -0.4 is 10.6 Å². The Balaban J connectivity index is 1.96. The van der Waals surface area contributed by atoms with Gasteiger partial charge in [-0.15, -0.1) is 0 Å². The quantitative estimate of drug-likeness (QED) is 0.861. The zero-order valence-electron chi connectivity index (χ0n) is 11.1. The Kier molecular flexibility index (Phi) is 5.06. The number of hydrogen-bond donors (Lipinski definition) is 2. The molecule has 0 fully saturated rings. The summed E-state index contributed by atoms with van der Waals surface area (Å²) in [6.45, 7) is 2.87. The van der Waals surface area contributed by atoms with Crippen LogP contribution in [0.1, 0.15) is 22.8 Å². The van der Waals surface area contributed by atoms with Crippen molar-refractivity contribution in [1.82, 2.24) is 10.3 Å². The topological polar surface area (TPSA) is 54.0 Å². The van der Waals surface area contributed by atoms with Gasteiger partial charge in [-0.25, -0.2) is 9.37 Å². The molecule has 0 atom stereocenters. The van der Waals surface area contributed by atoms with E-state index in [1.165, 1.54) is 17.8 Å². The lowest BCUT2D eigenvalue weighted by molar-refractivity contribution is 0.0950. The van der Waals surface area contributed by atoms with E-state index in [0.717, 1.165) is 6.42 Å². The van der Waals surface area contributed by atoms with E-state index in [2.05, 4.69) is 15.6 Å². The minimum Gasteiger partial charge on any atom is -0.368 e. The molecule has 2 rings (SSSR count). The Morgan fingerprint density at radius 3 is 3.00 bits per heavy atom. The Labute approximate surface area is 121 Å². The van der Waals surface area contributed by atoms with Gasteiger partial charge in [-0.3, -0.25) is 4.79 Å². The lowest BCUT2D eigenvalue weighted by Gasteiger charge is -2.08. The second-order valence-corrected chi connectivity index (χ2v) is 4.97. The second-order valence-electron chi connectivity index (χ2n) is 4.19. The molecule has 6 heteroatoms. The van der Waals surface area contributed by atoms with Crippen LogP contribution in [0.15, 0.2) is 29.1 Å². The van der Waals surface area contributed by atoms with Crippen molar-refractivity contribution in [1.29, 1.82) is 0 Å². The predicted molar refractivity (Wildman–Crippen MR) is 78.7 cm³/mol. The number of anilines is 1. The van der Waals surface area contributed by atoms with Crippen LogP contribution in [0.2, 0.25) is 0 Å². The molecule has 0 spiro atoms. The van der Waals surface area contributed by atoms with Crippen LogP contribution in [0.3, 0.4) is 0 Å². The zero-order chi connectivity index (χ0) is 14.4. The summed E-state index contributed by atoms with van der Waals surface area (Å²) in [4.78, 5) is 15.8. The fraction of sp³-hybridized carbons (Fsp3) is 0.286. The fourth-order valence-electron chi connectivity index (χ4n) is 1.76. The standard InChI is InChI=1S/C14H16FN3OS/c1-2-16-13-12(15)11(4-7-17-13)14(19)18-6-3-10-5-8-20-9-10/h4-5,7-9H,2-3,6H2,1H3,(H,16,17)(H,18,19). The van der Waals surface area contributed by atoms with Crippen LogP contribution in [0, 0.1) is 5.82 Å². The molecule has 0 aliphatic heterocycles. The molecule has 0 unspecified atom stereocenters. The summed E-state index contributed by atoms with van der Waals surface area (Å²) in [5, 5.41) is 9.52. The first-order chi connectivity index (χ1) is 9.72. The van der Waals surface area contributed by atoms with Gasteiger partial charge < -0.3 is 10.6 Å². The van der Waals surface area contributed by atoms with Crippen molar-refractivity contribution in [2.45, 2.75) is 13.3 Å². The number of nitrogens with zero attached hydrogens (tertiary/aromatic N) is 1. The summed E-state index contributed by atoms with van der Waals surface area (Å²) in [7, 11) is 0. The molecule has 106 valence electrons. The van der Waals surface area contributed by atoms with Gasteiger partial charge in [-0.2, -0.15) is 11.3 Å². The number of halogens is 1. The smallest absolute Gasteiger partial charge is 0.254 e. The molecule has 0 aromatic carbocycles. The molecule has 0 radical (unpaired) electrons. The molecule has 2 aromatic heterocycles. The number of hydrogen-bond acceptors (Lipinski definition) is 4. The maximum Gasteiger partial charge on any atom is 0.254 e. The van der Waals surface area contributed by atoms with E-state index in [1.807, 2.05) is 23.8 Å². The van der Waals surface area contributed by atoms with E-state index in [0.29, 0.717) is 13.1 Å². The Morgan fingerprint density at radius 2 is 2.30 bits per heavy atom.